The standard InChI is InChI=1S/C20H27ClN4O/c1-13-17(10-7-11-22-13)23-19(26)15-12-25(20(2,3)4)24-18(15)14-8-5-6-9-16(14)21/h5-6,8-9,12-13,17,22H,7,10-11H2,1-4H3,(H,23,26). The second kappa shape index (κ2) is 7.41. The average Bonchev–Trinajstić information content (AvgIpc) is 3.03. The van der Waals surface area contributed by atoms with Gasteiger partial charge in [-0.05, 0) is 53.1 Å². The molecule has 1 aliphatic heterocycles. The first-order valence-corrected chi connectivity index (χ1v) is 9.54. The Kier molecular flexibility index (Phi) is 5.39. The Morgan fingerprint density at radius 2 is 2.08 bits per heavy atom. The largest absolute Gasteiger partial charge is 0.348 e. The smallest absolute Gasteiger partial charge is 0.255 e. The number of benzene rings is 1. The molecule has 2 N–H and O–H groups in total. The van der Waals surface area contributed by atoms with E-state index in [4.69, 9.17) is 16.7 Å². The fraction of sp³-hybridized carbons (Fsp3) is 0.500. The molecule has 2 aromatic rings. The third-order valence-corrected chi connectivity index (χ3v) is 5.18. The van der Waals surface area contributed by atoms with E-state index in [0.29, 0.717) is 16.3 Å². The van der Waals surface area contributed by atoms with E-state index >= 15 is 0 Å². The van der Waals surface area contributed by atoms with E-state index in [0.717, 1.165) is 24.9 Å². The predicted octanol–water partition coefficient (Wildman–Crippen LogP) is 3.83. The average molecular weight is 375 g/mol. The summed E-state index contributed by atoms with van der Waals surface area (Å²) in [6.45, 7) is 9.29. The molecule has 2 atom stereocenters. The Morgan fingerprint density at radius 1 is 1.35 bits per heavy atom. The Hall–Kier alpha value is -1.85. The van der Waals surface area contributed by atoms with Crippen molar-refractivity contribution in [3.63, 3.8) is 0 Å². The summed E-state index contributed by atoms with van der Waals surface area (Å²) in [5.41, 5.74) is 1.73. The predicted molar refractivity (Wildman–Crippen MR) is 106 cm³/mol. The van der Waals surface area contributed by atoms with Crippen molar-refractivity contribution in [1.29, 1.82) is 0 Å². The van der Waals surface area contributed by atoms with Crippen molar-refractivity contribution in [3.05, 3.63) is 41.0 Å². The number of piperidine rings is 1. The first-order chi connectivity index (χ1) is 12.3. The van der Waals surface area contributed by atoms with E-state index in [-0.39, 0.29) is 23.5 Å². The zero-order chi connectivity index (χ0) is 18.9. The Bertz CT molecular complexity index is 793. The highest BCUT2D eigenvalue weighted by molar-refractivity contribution is 6.33. The minimum absolute atomic E-state index is 0.101. The van der Waals surface area contributed by atoms with Crippen LogP contribution in [0.2, 0.25) is 5.02 Å². The van der Waals surface area contributed by atoms with Gasteiger partial charge in [-0.3, -0.25) is 9.48 Å². The van der Waals surface area contributed by atoms with E-state index in [1.165, 1.54) is 0 Å². The zero-order valence-electron chi connectivity index (χ0n) is 15.8. The first kappa shape index (κ1) is 18.9. The lowest BCUT2D eigenvalue weighted by Gasteiger charge is -2.30. The number of nitrogens with one attached hydrogen (secondary N) is 2. The number of amides is 1. The van der Waals surface area contributed by atoms with Crippen LogP contribution in [0.15, 0.2) is 30.5 Å². The van der Waals surface area contributed by atoms with Crippen LogP contribution in [0.1, 0.15) is 50.9 Å². The maximum absolute atomic E-state index is 13.1. The van der Waals surface area contributed by atoms with Gasteiger partial charge >= 0.3 is 0 Å². The molecule has 2 heterocycles. The Labute approximate surface area is 160 Å². The lowest BCUT2D eigenvalue weighted by molar-refractivity contribution is 0.0920. The lowest BCUT2D eigenvalue weighted by Crippen LogP contribution is -2.51. The van der Waals surface area contributed by atoms with Crippen LogP contribution in [0, 0.1) is 0 Å². The van der Waals surface area contributed by atoms with E-state index in [2.05, 4.69) is 38.3 Å². The number of hydrogen-bond donors (Lipinski definition) is 2. The molecule has 1 fully saturated rings. The molecule has 0 aliphatic carbocycles. The van der Waals surface area contributed by atoms with Crippen molar-refractivity contribution >= 4 is 17.5 Å². The molecule has 0 spiro atoms. The topological polar surface area (TPSA) is 58.9 Å². The van der Waals surface area contributed by atoms with Crippen LogP contribution >= 0.6 is 11.6 Å². The molecule has 5 nitrogen and oxygen atoms in total. The van der Waals surface area contributed by atoms with Crippen LogP contribution in [0.3, 0.4) is 0 Å². The van der Waals surface area contributed by atoms with Gasteiger partial charge in [0, 0.05) is 23.8 Å². The molecule has 0 bridgehead atoms. The first-order valence-electron chi connectivity index (χ1n) is 9.16. The van der Waals surface area contributed by atoms with Gasteiger partial charge in [-0.25, -0.2) is 0 Å². The zero-order valence-corrected chi connectivity index (χ0v) is 16.6. The van der Waals surface area contributed by atoms with Gasteiger partial charge in [-0.15, -0.1) is 0 Å². The number of carbonyl (C=O) groups is 1. The highest BCUT2D eigenvalue weighted by Gasteiger charge is 2.27. The fourth-order valence-corrected chi connectivity index (χ4v) is 3.45. The molecule has 26 heavy (non-hydrogen) atoms. The van der Waals surface area contributed by atoms with Crippen molar-refractivity contribution in [2.24, 2.45) is 0 Å². The van der Waals surface area contributed by atoms with Gasteiger partial charge in [-0.2, -0.15) is 5.10 Å². The van der Waals surface area contributed by atoms with Gasteiger partial charge in [0.05, 0.1) is 16.1 Å². The number of aromatic nitrogens is 2. The summed E-state index contributed by atoms with van der Waals surface area (Å²) in [6, 6.07) is 7.89. The second-order valence-corrected chi connectivity index (χ2v) is 8.36. The van der Waals surface area contributed by atoms with Gasteiger partial charge in [-0.1, -0.05) is 29.8 Å². The van der Waals surface area contributed by atoms with Crippen LogP contribution in [-0.2, 0) is 5.54 Å². The van der Waals surface area contributed by atoms with Crippen LogP contribution < -0.4 is 10.6 Å². The molecule has 3 rings (SSSR count). The molecule has 0 saturated carbocycles. The molecule has 1 aromatic carbocycles. The molecule has 0 radical (unpaired) electrons. The molecule has 1 aliphatic rings. The van der Waals surface area contributed by atoms with E-state index in [1.54, 1.807) is 0 Å². The van der Waals surface area contributed by atoms with Gasteiger partial charge < -0.3 is 10.6 Å². The molecule has 140 valence electrons. The SMILES string of the molecule is CC1NCCCC1NC(=O)c1cn(C(C)(C)C)nc1-c1ccccc1Cl. The van der Waals surface area contributed by atoms with E-state index < -0.39 is 0 Å². The van der Waals surface area contributed by atoms with Crippen molar-refractivity contribution < 1.29 is 4.79 Å². The lowest BCUT2D eigenvalue weighted by atomic mass is 9.99. The fourth-order valence-electron chi connectivity index (χ4n) is 3.22. The highest BCUT2D eigenvalue weighted by atomic mass is 35.5. The molecular weight excluding hydrogens is 348 g/mol. The second-order valence-electron chi connectivity index (χ2n) is 7.95. The molecule has 2 unspecified atom stereocenters. The van der Waals surface area contributed by atoms with Crippen LogP contribution in [0.4, 0.5) is 0 Å². The summed E-state index contributed by atoms with van der Waals surface area (Å²) in [6.07, 6.45) is 3.87. The summed E-state index contributed by atoms with van der Waals surface area (Å²) in [5, 5.41) is 11.9. The maximum atomic E-state index is 13.1. The van der Waals surface area contributed by atoms with Gasteiger partial charge in [0.15, 0.2) is 0 Å². The molecule has 1 aromatic heterocycles. The maximum Gasteiger partial charge on any atom is 0.255 e. The number of carbonyl (C=O) groups excluding carboxylic acids is 1. The van der Waals surface area contributed by atoms with Crippen LogP contribution in [0.25, 0.3) is 11.3 Å². The van der Waals surface area contributed by atoms with Crippen molar-refractivity contribution in [1.82, 2.24) is 20.4 Å². The monoisotopic (exact) mass is 374 g/mol. The summed E-state index contributed by atoms with van der Waals surface area (Å²) in [5.74, 6) is -0.101. The van der Waals surface area contributed by atoms with Crippen molar-refractivity contribution in [2.45, 2.75) is 58.2 Å². The third kappa shape index (κ3) is 3.94. The quantitative estimate of drug-likeness (QED) is 0.858. The summed E-state index contributed by atoms with van der Waals surface area (Å²) in [4.78, 5) is 13.1. The number of hydrogen-bond acceptors (Lipinski definition) is 3. The van der Waals surface area contributed by atoms with Crippen molar-refractivity contribution in [3.8, 4) is 11.3 Å². The third-order valence-electron chi connectivity index (χ3n) is 4.85. The minimum Gasteiger partial charge on any atom is -0.348 e. The van der Waals surface area contributed by atoms with Crippen LogP contribution in [0.5, 0.6) is 0 Å². The molecular formula is C20H27ClN4O. The molecule has 1 amide bonds. The number of rotatable bonds is 3. The number of halogens is 1. The van der Waals surface area contributed by atoms with E-state index in [1.807, 2.05) is 35.1 Å². The molecule has 1 saturated heterocycles. The minimum atomic E-state index is -0.228. The summed E-state index contributed by atoms with van der Waals surface area (Å²) >= 11 is 6.38. The molecule has 6 heteroatoms. The summed E-state index contributed by atoms with van der Waals surface area (Å²) < 4.78 is 1.84. The van der Waals surface area contributed by atoms with Crippen LogP contribution in [-0.4, -0.2) is 34.3 Å². The van der Waals surface area contributed by atoms with Gasteiger partial charge in [0.1, 0.15) is 5.69 Å². The van der Waals surface area contributed by atoms with Gasteiger partial charge in [0.25, 0.3) is 5.91 Å². The number of nitrogens with zero attached hydrogens (tertiary/aromatic N) is 2. The Morgan fingerprint density at radius 3 is 2.73 bits per heavy atom. The summed E-state index contributed by atoms with van der Waals surface area (Å²) in [7, 11) is 0. The highest BCUT2D eigenvalue weighted by Crippen LogP contribution is 2.31. The Balaban J connectivity index is 1.98. The van der Waals surface area contributed by atoms with E-state index in [9.17, 15) is 4.79 Å². The van der Waals surface area contributed by atoms with Crippen molar-refractivity contribution in [2.75, 3.05) is 6.54 Å². The van der Waals surface area contributed by atoms with Gasteiger partial charge in [0.2, 0.25) is 0 Å². The normalized spacial score (nSPS) is 20.8.